The van der Waals surface area contributed by atoms with Gasteiger partial charge in [0.1, 0.15) is 0 Å². The Labute approximate surface area is 89.4 Å². The van der Waals surface area contributed by atoms with E-state index >= 15 is 0 Å². The number of oxime groups is 1. The fourth-order valence-electron chi connectivity index (χ4n) is 1.24. The molecule has 3 heteroatoms. The molecule has 0 aliphatic carbocycles. The summed E-state index contributed by atoms with van der Waals surface area (Å²) >= 11 is 0. The van der Waals surface area contributed by atoms with Crippen LogP contribution in [0.2, 0.25) is 0 Å². The third kappa shape index (κ3) is 3.22. The predicted octanol–water partition coefficient (Wildman–Crippen LogP) is 2.11. The van der Waals surface area contributed by atoms with Crippen molar-refractivity contribution in [2.75, 3.05) is 0 Å². The highest BCUT2D eigenvalue weighted by molar-refractivity contribution is 6.00. The lowest BCUT2D eigenvalue weighted by Crippen LogP contribution is -2.11. The van der Waals surface area contributed by atoms with Gasteiger partial charge in [-0.25, -0.2) is 0 Å². The molecule has 1 unspecified atom stereocenters. The fraction of sp³-hybridized carbons (Fsp3) is 0.250. The van der Waals surface area contributed by atoms with Crippen LogP contribution in [0.1, 0.15) is 17.5 Å². The van der Waals surface area contributed by atoms with Crippen LogP contribution in [0.15, 0.2) is 42.1 Å². The van der Waals surface area contributed by atoms with Crippen LogP contribution in [-0.4, -0.2) is 22.1 Å². The summed E-state index contributed by atoms with van der Waals surface area (Å²) in [6.45, 7) is 5.45. The molecule has 3 nitrogen and oxygen atoms in total. The fourth-order valence-corrected chi connectivity index (χ4v) is 1.24. The summed E-state index contributed by atoms with van der Waals surface area (Å²) in [6, 6.07) is 7.59. The zero-order valence-electron chi connectivity index (χ0n) is 8.72. The lowest BCUT2D eigenvalue weighted by molar-refractivity contribution is 0.229. The van der Waals surface area contributed by atoms with Crippen molar-refractivity contribution in [3.05, 3.63) is 48.0 Å². The first-order chi connectivity index (χ1) is 7.17. The second kappa shape index (κ2) is 5.32. The zero-order valence-corrected chi connectivity index (χ0v) is 8.72. The molecular weight excluding hydrogens is 190 g/mol. The molecule has 0 radical (unpaired) electrons. The number of benzene rings is 1. The molecule has 1 aromatic carbocycles. The van der Waals surface area contributed by atoms with Gasteiger partial charge in [0.2, 0.25) is 0 Å². The minimum absolute atomic E-state index is 0.267. The Morgan fingerprint density at radius 1 is 1.47 bits per heavy atom. The summed E-state index contributed by atoms with van der Waals surface area (Å²) in [6.07, 6.45) is 1.000. The standard InChI is InChI=1S/C12H15NO2/c1-3-11(14)8-12(13-15)10-6-4-9(2)5-7-10/h3-7,11,14-15H,1,8H2,2H3/b13-12+. The van der Waals surface area contributed by atoms with Gasteiger partial charge in [0.05, 0.1) is 11.8 Å². The van der Waals surface area contributed by atoms with E-state index in [9.17, 15) is 5.11 Å². The van der Waals surface area contributed by atoms with Gasteiger partial charge in [0, 0.05) is 6.42 Å². The maximum Gasteiger partial charge on any atom is 0.0896 e. The van der Waals surface area contributed by atoms with Crippen molar-refractivity contribution in [2.45, 2.75) is 19.4 Å². The topological polar surface area (TPSA) is 52.8 Å². The second-order valence-electron chi connectivity index (χ2n) is 3.42. The molecule has 0 amide bonds. The van der Waals surface area contributed by atoms with Crippen LogP contribution >= 0.6 is 0 Å². The van der Waals surface area contributed by atoms with Crippen molar-refractivity contribution in [1.82, 2.24) is 0 Å². The Morgan fingerprint density at radius 2 is 2.07 bits per heavy atom. The molecule has 15 heavy (non-hydrogen) atoms. The van der Waals surface area contributed by atoms with Gasteiger partial charge in [-0.1, -0.05) is 41.1 Å². The SMILES string of the molecule is C=CC(O)C/C(=N\O)c1ccc(C)cc1. The molecule has 0 aromatic heterocycles. The second-order valence-corrected chi connectivity index (χ2v) is 3.42. The average Bonchev–Trinajstić information content (AvgIpc) is 2.27. The highest BCUT2D eigenvalue weighted by Crippen LogP contribution is 2.09. The van der Waals surface area contributed by atoms with E-state index in [2.05, 4.69) is 11.7 Å². The Hall–Kier alpha value is -1.61. The maximum absolute atomic E-state index is 9.37. The number of aryl methyl sites for hydroxylation is 1. The van der Waals surface area contributed by atoms with E-state index in [4.69, 9.17) is 5.21 Å². The number of rotatable bonds is 4. The highest BCUT2D eigenvalue weighted by Gasteiger charge is 2.08. The van der Waals surface area contributed by atoms with E-state index in [1.165, 1.54) is 6.08 Å². The zero-order chi connectivity index (χ0) is 11.3. The largest absolute Gasteiger partial charge is 0.411 e. The van der Waals surface area contributed by atoms with Gasteiger partial charge in [-0.15, -0.1) is 6.58 Å². The molecule has 0 saturated carbocycles. The van der Waals surface area contributed by atoms with Crippen LogP contribution in [0.3, 0.4) is 0 Å². The molecular formula is C12H15NO2. The highest BCUT2D eigenvalue weighted by atomic mass is 16.4. The van der Waals surface area contributed by atoms with Gasteiger partial charge in [0.25, 0.3) is 0 Å². The summed E-state index contributed by atoms with van der Waals surface area (Å²) in [5, 5.41) is 21.4. The van der Waals surface area contributed by atoms with Gasteiger partial charge in [-0.05, 0) is 12.5 Å². The van der Waals surface area contributed by atoms with Crippen molar-refractivity contribution in [3.63, 3.8) is 0 Å². The van der Waals surface area contributed by atoms with Gasteiger partial charge in [-0.3, -0.25) is 0 Å². The lowest BCUT2D eigenvalue weighted by Gasteiger charge is -2.07. The molecule has 0 saturated heterocycles. The van der Waals surface area contributed by atoms with E-state index < -0.39 is 6.10 Å². The molecule has 80 valence electrons. The summed E-state index contributed by atoms with van der Waals surface area (Å²) in [4.78, 5) is 0. The summed E-state index contributed by atoms with van der Waals surface area (Å²) in [7, 11) is 0. The molecule has 1 rings (SSSR count). The first-order valence-corrected chi connectivity index (χ1v) is 4.76. The third-order valence-electron chi connectivity index (χ3n) is 2.18. The normalized spacial score (nSPS) is 13.6. The number of nitrogens with zero attached hydrogens (tertiary/aromatic N) is 1. The van der Waals surface area contributed by atoms with Gasteiger partial charge < -0.3 is 10.3 Å². The Kier molecular flexibility index (Phi) is 4.06. The van der Waals surface area contributed by atoms with Crippen molar-refractivity contribution in [2.24, 2.45) is 5.16 Å². The minimum atomic E-state index is -0.683. The van der Waals surface area contributed by atoms with Crippen molar-refractivity contribution >= 4 is 5.71 Å². The van der Waals surface area contributed by atoms with Crippen LogP contribution in [0.4, 0.5) is 0 Å². The number of hydrogen-bond donors (Lipinski definition) is 2. The van der Waals surface area contributed by atoms with Crippen LogP contribution in [0.5, 0.6) is 0 Å². The summed E-state index contributed by atoms with van der Waals surface area (Å²) in [5.74, 6) is 0. The van der Waals surface area contributed by atoms with Crippen LogP contribution in [0, 0.1) is 6.92 Å². The first-order valence-electron chi connectivity index (χ1n) is 4.76. The molecule has 1 aromatic rings. The molecule has 0 fully saturated rings. The monoisotopic (exact) mass is 205 g/mol. The van der Waals surface area contributed by atoms with E-state index in [0.29, 0.717) is 5.71 Å². The van der Waals surface area contributed by atoms with E-state index in [-0.39, 0.29) is 6.42 Å². The minimum Gasteiger partial charge on any atom is -0.411 e. The quantitative estimate of drug-likeness (QED) is 0.342. The molecule has 1 atom stereocenters. The molecule has 2 N–H and O–H groups in total. The molecule has 0 spiro atoms. The molecule has 0 bridgehead atoms. The van der Waals surface area contributed by atoms with E-state index in [0.717, 1.165) is 11.1 Å². The molecule has 0 aliphatic heterocycles. The van der Waals surface area contributed by atoms with Crippen LogP contribution in [0.25, 0.3) is 0 Å². The Balaban J connectivity index is 2.84. The summed E-state index contributed by atoms with van der Waals surface area (Å²) < 4.78 is 0. The van der Waals surface area contributed by atoms with E-state index in [1.807, 2.05) is 31.2 Å². The predicted molar refractivity (Wildman–Crippen MR) is 60.3 cm³/mol. The molecule has 0 aliphatic rings. The van der Waals surface area contributed by atoms with Crippen molar-refractivity contribution in [1.29, 1.82) is 0 Å². The number of aliphatic hydroxyl groups excluding tert-OH is 1. The van der Waals surface area contributed by atoms with Crippen LogP contribution in [-0.2, 0) is 0 Å². The van der Waals surface area contributed by atoms with Gasteiger partial charge in [-0.2, -0.15) is 0 Å². The van der Waals surface area contributed by atoms with Gasteiger partial charge >= 0.3 is 0 Å². The van der Waals surface area contributed by atoms with Gasteiger partial charge in [0.15, 0.2) is 0 Å². The number of hydrogen-bond acceptors (Lipinski definition) is 3. The average molecular weight is 205 g/mol. The first kappa shape index (κ1) is 11.5. The van der Waals surface area contributed by atoms with E-state index in [1.54, 1.807) is 0 Å². The van der Waals surface area contributed by atoms with Crippen LogP contribution < -0.4 is 0 Å². The Bertz CT molecular complexity index is 354. The number of aliphatic hydroxyl groups is 1. The lowest BCUT2D eigenvalue weighted by atomic mass is 10.0. The Morgan fingerprint density at radius 3 is 2.53 bits per heavy atom. The third-order valence-corrected chi connectivity index (χ3v) is 2.18. The van der Waals surface area contributed by atoms with Crippen molar-refractivity contribution in [3.8, 4) is 0 Å². The smallest absolute Gasteiger partial charge is 0.0896 e. The van der Waals surface area contributed by atoms with Crippen molar-refractivity contribution < 1.29 is 10.3 Å². The molecule has 0 heterocycles. The maximum atomic E-state index is 9.37. The summed E-state index contributed by atoms with van der Waals surface area (Å²) in [5.41, 5.74) is 2.41.